The van der Waals surface area contributed by atoms with Crippen LogP contribution in [0.2, 0.25) is 0 Å². The number of rotatable bonds is 8. The Morgan fingerprint density at radius 2 is 1.60 bits per heavy atom. The summed E-state index contributed by atoms with van der Waals surface area (Å²) in [5, 5.41) is 6.41. The van der Waals surface area contributed by atoms with Crippen molar-refractivity contribution < 1.29 is 4.79 Å². The van der Waals surface area contributed by atoms with Crippen LogP contribution in [-0.2, 0) is 19.6 Å². The van der Waals surface area contributed by atoms with Gasteiger partial charge in [-0.3, -0.25) is 4.79 Å². The van der Waals surface area contributed by atoms with Gasteiger partial charge in [0.1, 0.15) is 0 Å². The summed E-state index contributed by atoms with van der Waals surface area (Å²) < 4.78 is 2.02. The van der Waals surface area contributed by atoms with Gasteiger partial charge in [-0.1, -0.05) is 66.7 Å². The van der Waals surface area contributed by atoms with E-state index in [9.17, 15) is 4.79 Å². The minimum Gasteiger partial charge on any atom is -0.380 e. The number of hydrogen-bond acceptors (Lipinski definition) is 3. The highest BCUT2D eigenvalue weighted by atomic mass is 16.1. The van der Waals surface area contributed by atoms with Crippen LogP contribution >= 0.6 is 0 Å². The molecule has 0 aliphatic heterocycles. The lowest BCUT2D eigenvalue weighted by Crippen LogP contribution is -2.24. The van der Waals surface area contributed by atoms with Gasteiger partial charge >= 0.3 is 0 Å². The molecule has 0 bridgehead atoms. The Balaban J connectivity index is 1.38. The van der Waals surface area contributed by atoms with E-state index in [4.69, 9.17) is 0 Å². The van der Waals surface area contributed by atoms with Gasteiger partial charge in [-0.15, -0.1) is 0 Å². The quantitative estimate of drug-likeness (QED) is 0.462. The van der Waals surface area contributed by atoms with E-state index in [1.165, 1.54) is 11.1 Å². The highest BCUT2D eigenvalue weighted by Gasteiger charge is 2.10. The number of nitrogens with zero attached hydrogens (tertiary/aromatic N) is 2. The number of hydrogen-bond donors (Lipinski definition) is 2. The van der Waals surface area contributed by atoms with E-state index < -0.39 is 0 Å². The fourth-order valence-electron chi connectivity index (χ4n) is 3.34. The van der Waals surface area contributed by atoms with E-state index in [0.717, 1.165) is 17.8 Å². The summed E-state index contributed by atoms with van der Waals surface area (Å²) in [5.41, 5.74) is 4.87. The molecule has 0 unspecified atom stereocenters. The molecule has 30 heavy (non-hydrogen) atoms. The SMILES string of the molecule is O=C(NCc1cccc(Cn2ccnc2)c1)c1ccccc1NCc1ccccc1. The number of imidazole rings is 1. The van der Waals surface area contributed by atoms with Crippen molar-refractivity contribution in [2.75, 3.05) is 5.32 Å². The first-order valence-electron chi connectivity index (χ1n) is 9.96. The van der Waals surface area contributed by atoms with Gasteiger partial charge in [0.25, 0.3) is 5.91 Å². The molecule has 0 spiro atoms. The summed E-state index contributed by atoms with van der Waals surface area (Å²) in [6.07, 6.45) is 5.51. The predicted octanol–water partition coefficient (Wildman–Crippen LogP) is 4.47. The maximum Gasteiger partial charge on any atom is 0.253 e. The van der Waals surface area contributed by atoms with Crippen molar-refractivity contribution in [2.45, 2.75) is 19.6 Å². The topological polar surface area (TPSA) is 59.0 Å². The molecule has 5 heteroatoms. The Bertz CT molecular complexity index is 1090. The van der Waals surface area contributed by atoms with Crippen molar-refractivity contribution in [3.05, 3.63) is 120 Å². The number of carbonyl (C=O) groups is 1. The molecule has 0 aliphatic carbocycles. The second kappa shape index (κ2) is 9.56. The first-order chi connectivity index (χ1) is 14.8. The zero-order valence-electron chi connectivity index (χ0n) is 16.7. The van der Waals surface area contributed by atoms with E-state index in [2.05, 4.69) is 39.9 Å². The Labute approximate surface area is 176 Å². The van der Waals surface area contributed by atoms with Crippen LogP contribution in [-0.4, -0.2) is 15.5 Å². The molecule has 0 atom stereocenters. The van der Waals surface area contributed by atoms with Crippen molar-refractivity contribution in [1.82, 2.24) is 14.9 Å². The second-order valence-electron chi connectivity index (χ2n) is 7.12. The molecule has 1 amide bonds. The fourth-order valence-corrected chi connectivity index (χ4v) is 3.34. The number of para-hydroxylation sites is 1. The van der Waals surface area contributed by atoms with Gasteiger partial charge in [0.2, 0.25) is 0 Å². The number of carbonyl (C=O) groups excluding carboxylic acids is 1. The summed E-state index contributed by atoms with van der Waals surface area (Å²) >= 11 is 0. The fraction of sp³-hybridized carbons (Fsp3) is 0.120. The maximum absolute atomic E-state index is 12.8. The molecule has 4 aromatic rings. The minimum absolute atomic E-state index is 0.0915. The lowest BCUT2D eigenvalue weighted by molar-refractivity contribution is 0.0951. The monoisotopic (exact) mass is 396 g/mol. The van der Waals surface area contributed by atoms with Crippen molar-refractivity contribution in [2.24, 2.45) is 0 Å². The number of benzene rings is 3. The second-order valence-corrected chi connectivity index (χ2v) is 7.12. The van der Waals surface area contributed by atoms with Crippen LogP contribution in [0.3, 0.4) is 0 Å². The average molecular weight is 396 g/mol. The lowest BCUT2D eigenvalue weighted by atomic mass is 10.1. The molecule has 1 aromatic heterocycles. The number of anilines is 1. The third-order valence-electron chi connectivity index (χ3n) is 4.87. The standard InChI is InChI=1S/C25H24N4O/c30-25(23-11-4-5-12-24(23)27-16-20-7-2-1-3-8-20)28-17-21-9-6-10-22(15-21)18-29-14-13-26-19-29/h1-15,19,27H,16-18H2,(H,28,30). The molecular formula is C25H24N4O. The van der Waals surface area contributed by atoms with Crippen molar-refractivity contribution >= 4 is 11.6 Å². The molecular weight excluding hydrogens is 372 g/mol. The zero-order valence-corrected chi connectivity index (χ0v) is 16.7. The Kier molecular flexibility index (Phi) is 6.20. The first-order valence-corrected chi connectivity index (χ1v) is 9.96. The number of amides is 1. The van der Waals surface area contributed by atoms with Crippen LogP contribution < -0.4 is 10.6 Å². The summed E-state index contributed by atoms with van der Waals surface area (Å²) in [6, 6.07) is 26.0. The Morgan fingerprint density at radius 1 is 0.833 bits per heavy atom. The van der Waals surface area contributed by atoms with Gasteiger partial charge in [0.15, 0.2) is 0 Å². The van der Waals surface area contributed by atoms with Gasteiger partial charge < -0.3 is 15.2 Å². The third-order valence-corrected chi connectivity index (χ3v) is 4.87. The van der Waals surface area contributed by atoms with Crippen LogP contribution in [0.25, 0.3) is 0 Å². The van der Waals surface area contributed by atoms with Crippen LogP contribution in [0.5, 0.6) is 0 Å². The lowest BCUT2D eigenvalue weighted by Gasteiger charge is -2.13. The van der Waals surface area contributed by atoms with E-state index >= 15 is 0 Å². The van der Waals surface area contributed by atoms with Gasteiger partial charge in [0, 0.05) is 37.7 Å². The molecule has 0 saturated heterocycles. The zero-order chi connectivity index (χ0) is 20.6. The van der Waals surface area contributed by atoms with E-state index in [0.29, 0.717) is 18.7 Å². The molecule has 0 radical (unpaired) electrons. The summed E-state index contributed by atoms with van der Waals surface area (Å²) in [6.45, 7) is 1.90. The molecule has 4 rings (SSSR count). The van der Waals surface area contributed by atoms with Crippen LogP contribution in [0.1, 0.15) is 27.0 Å². The molecule has 0 aliphatic rings. The molecule has 0 saturated carbocycles. The van der Waals surface area contributed by atoms with Crippen LogP contribution in [0, 0.1) is 0 Å². The van der Waals surface area contributed by atoms with Crippen molar-refractivity contribution in [3.8, 4) is 0 Å². The third kappa shape index (κ3) is 5.14. The highest BCUT2D eigenvalue weighted by molar-refractivity contribution is 5.99. The maximum atomic E-state index is 12.8. The molecule has 0 fully saturated rings. The van der Waals surface area contributed by atoms with Crippen molar-refractivity contribution in [3.63, 3.8) is 0 Å². The largest absolute Gasteiger partial charge is 0.380 e. The summed E-state index contributed by atoms with van der Waals surface area (Å²) in [5.74, 6) is -0.0915. The Morgan fingerprint density at radius 3 is 2.43 bits per heavy atom. The van der Waals surface area contributed by atoms with Crippen LogP contribution in [0.15, 0.2) is 97.6 Å². The molecule has 150 valence electrons. The first kappa shape index (κ1) is 19.5. The van der Waals surface area contributed by atoms with Gasteiger partial charge in [-0.05, 0) is 28.8 Å². The average Bonchev–Trinajstić information content (AvgIpc) is 3.30. The molecule has 5 nitrogen and oxygen atoms in total. The highest BCUT2D eigenvalue weighted by Crippen LogP contribution is 2.17. The van der Waals surface area contributed by atoms with E-state index in [1.807, 2.05) is 65.4 Å². The summed E-state index contributed by atoms with van der Waals surface area (Å²) in [4.78, 5) is 16.9. The van der Waals surface area contributed by atoms with E-state index in [1.54, 1.807) is 12.5 Å². The normalized spacial score (nSPS) is 10.5. The van der Waals surface area contributed by atoms with Gasteiger partial charge in [-0.25, -0.2) is 4.98 Å². The van der Waals surface area contributed by atoms with Gasteiger partial charge in [0.05, 0.1) is 11.9 Å². The van der Waals surface area contributed by atoms with Crippen LogP contribution in [0.4, 0.5) is 5.69 Å². The summed E-state index contributed by atoms with van der Waals surface area (Å²) in [7, 11) is 0. The number of aromatic nitrogens is 2. The molecule has 3 aromatic carbocycles. The molecule has 1 heterocycles. The van der Waals surface area contributed by atoms with E-state index in [-0.39, 0.29) is 5.91 Å². The van der Waals surface area contributed by atoms with Gasteiger partial charge in [-0.2, -0.15) is 0 Å². The minimum atomic E-state index is -0.0915. The molecule has 2 N–H and O–H groups in total. The van der Waals surface area contributed by atoms with Crippen molar-refractivity contribution in [1.29, 1.82) is 0 Å². The predicted molar refractivity (Wildman–Crippen MR) is 119 cm³/mol. The number of nitrogens with one attached hydrogen (secondary N) is 2. The Hall–Kier alpha value is -3.86. The smallest absolute Gasteiger partial charge is 0.253 e.